The molecule has 0 unspecified atom stereocenters. The number of unbranched alkanes of at least 4 members (excludes halogenated alkanes) is 5. The third kappa shape index (κ3) is 11.3. The largest absolute Gasteiger partial charge is 0.483 e. The Morgan fingerprint density at radius 3 is 2.20 bits per heavy atom. The van der Waals surface area contributed by atoms with Crippen LogP contribution >= 0.6 is 0 Å². The fourth-order valence-electron chi connectivity index (χ4n) is 0.866. The van der Waals surface area contributed by atoms with E-state index in [4.69, 9.17) is 5.73 Å². The fraction of sp³-hybridized carbons (Fsp3) is 0.875. The van der Waals surface area contributed by atoms with Crippen LogP contribution in [0.5, 0.6) is 0 Å². The first-order chi connectivity index (χ1) is 4.41. The summed E-state index contributed by atoms with van der Waals surface area (Å²) in [5.41, 5.74) is 5.22. The summed E-state index contributed by atoms with van der Waals surface area (Å²) in [4.78, 5) is 0. The number of hydrogen-bond donors (Lipinski definition) is 1. The first kappa shape index (κ1) is 13.1. The van der Waals surface area contributed by atoms with Gasteiger partial charge in [-0.25, -0.2) is 0 Å². The Hall–Kier alpha value is 0.454. The van der Waals surface area contributed by atoms with Gasteiger partial charge in [0.05, 0.1) is 0 Å². The molecule has 0 amide bonds. The molecule has 2 N–H and O–H groups in total. The second kappa shape index (κ2) is 12.2. The Kier molecular flexibility index (Phi) is 15.9. The van der Waals surface area contributed by atoms with Crippen molar-refractivity contribution < 1.29 is 16.5 Å². The van der Waals surface area contributed by atoms with Crippen LogP contribution in [0.25, 0.3) is 0 Å². The van der Waals surface area contributed by atoms with Gasteiger partial charge in [0.15, 0.2) is 0 Å². The van der Waals surface area contributed by atoms with Crippen LogP contribution in [0, 0.1) is 6.54 Å². The average molecular weight is 187 g/mol. The summed E-state index contributed by atoms with van der Waals surface area (Å²) < 4.78 is 0. The fourth-order valence-corrected chi connectivity index (χ4v) is 0.866. The molecule has 0 aromatic carbocycles. The Morgan fingerprint density at radius 2 is 1.70 bits per heavy atom. The van der Waals surface area contributed by atoms with E-state index in [1.165, 1.54) is 32.1 Å². The quantitative estimate of drug-likeness (QED) is 0.385. The average Bonchev–Trinajstić information content (AvgIpc) is 1.89. The summed E-state index contributed by atoms with van der Waals surface area (Å²) in [5.74, 6) is 0. The molecule has 1 nitrogen and oxygen atoms in total. The topological polar surface area (TPSA) is 26.0 Å². The van der Waals surface area contributed by atoms with Crippen LogP contribution in [0.3, 0.4) is 0 Å². The maximum Gasteiger partial charge on any atom is 0 e. The van der Waals surface area contributed by atoms with Crippen LogP contribution in [0.4, 0.5) is 0 Å². The van der Waals surface area contributed by atoms with Gasteiger partial charge < -0.3 is 5.73 Å². The molecule has 0 saturated heterocycles. The van der Waals surface area contributed by atoms with Crippen LogP contribution in [-0.4, -0.2) is 0 Å². The van der Waals surface area contributed by atoms with Gasteiger partial charge in [-0.1, -0.05) is 39.0 Å². The minimum atomic E-state index is 0. The minimum Gasteiger partial charge on any atom is -0.483 e. The van der Waals surface area contributed by atoms with Gasteiger partial charge in [-0.2, -0.15) is 6.42 Å². The van der Waals surface area contributed by atoms with Gasteiger partial charge in [0.25, 0.3) is 0 Å². The molecule has 0 bridgehead atoms. The van der Waals surface area contributed by atoms with Crippen molar-refractivity contribution in [2.75, 3.05) is 0 Å². The van der Waals surface area contributed by atoms with E-state index in [-0.39, 0.29) is 16.5 Å². The van der Waals surface area contributed by atoms with Gasteiger partial charge in [0, 0.05) is 16.5 Å². The molecule has 10 heavy (non-hydrogen) atoms. The maximum absolute atomic E-state index is 5.22. The zero-order valence-electron chi connectivity index (χ0n) is 6.71. The van der Waals surface area contributed by atoms with Crippen molar-refractivity contribution in [3.63, 3.8) is 0 Å². The molecule has 66 valence electrons. The van der Waals surface area contributed by atoms with Crippen LogP contribution in [0.2, 0.25) is 0 Å². The van der Waals surface area contributed by atoms with Gasteiger partial charge >= 0.3 is 0 Å². The number of hydrogen-bond acceptors (Lipinski definition) is 1. The molecule has 0 saturated carbocycles. The van der Waals surface area contributed by atoms with Crippen molar-refractivity contribution >= 4 is 0 Å². The molecular weight excluding hydrogens is 169 g/mol. The second-order valence-corrected chi connectivity index (χ2v) is 2.44. The van der Waals surface area contributed by atoms with E-state index in [1.807, 2.05) is 0 Å². The molecule has 0 heterocycles. The summed E-state index contributed by atoms with van der Waals surface area (Å²) in [6.07, 6.45) is 7.79. The van der Waals surface area contributed by atoms with Crippen LogP contribution in [0.1, 0.15) is 45.4 Å². The van der Waals surface area contributed by atoms with Crippen LogP contribution in [-0.2, 0) is 16.5 Å². The molecule has 0 atom stereocenters. The monoisotopic (exact) mass is 186 g/mol. The third-order valence-electron chi connectivity index (χ3n) is 1.47. The minimum absolute atomic E-state index is 0. The first-order valence-corrected chi connectivity index (χ1v) is 3.95. The standard InChI is InChI=1S/C8H18N.Ni/c1-2-3-4-5-6-7-8-9;/h8H,2-7,9H2,1H3;/q-1;. The molecular formula is C8H18NNi-. The number of rotatable bonds is 6. The first-order valence-electron chi connectivity index (χ1n) is 3.95. The summed E-state index contributed by atoms with van der Waals surface area (Å²) in [6, 6.07) is 0. The molecule has 0 radical (unpaired) electrons. The van der Waals surface area contributed by atoms with E-state index in [0.29, 0.717) is 0 Å². The van der Waals surface area contributed by atoms with E-state index in [0.717, 1.165) is 6.42 Å². The van der Waals surface area contributed by atoms with Gasteiger partial charge in [0.2, 0.25) is 0 Å². The normalized spacial score (nSPS) is 9.00. The van der Waals surface area contributed by atoms with Gasteiger partial charge in [0.1, 0.15) is 0 Å². The van der Waals surface area contributed by atoms with Crippen LogP contribution in [0.15, 0.2) is 0 Å². The van der Waals surface area contributed by atoms with E-state index < -0.39 is 0 Å². The summed E-state index contributed by atoms with van der Waals surface area (Å²) >= 11 is 0. The Labute approximate surface area is 74.7 Å². The molecule has 0 aromatic rings. The van der Waals surface area contributed by atoms with Crippen molar-refractivity contribution in [2.45, 2.75) is 45.4 Å². The van der Waals surface area contributed by atoms with E-state index in [9.17, 15) is 0 Å². The van der Waals surface area contributed by atoms with Crippen molar-refractivity contribution in [3.05, 3.63) is 6.54 Å². The maximum atomic E-state index is 5.22. The molecule has 0 aliphatic heterocycles. The van der Waals surface area contributed by atoms with E-state index in [1.54, 1.807) is 6.54 Å². The van der Waals surface area contributed by atoms with E-state index >= 15 is 0 Å². The van der Waals surface area contributed by atoms with Crippen molar-refractivity contribution in [2.24, 2.45) is 5.73 Å². The molecule has 2 heteroatoms. The Bertz CT molecular complexity index is 42.5. The molecule has 0 spiro atoms. The van der Waals surface area contributed by atoms with Gasteiger partial charge in [-0.05, 0) is 0 Å². The van der Waals surface area contributed by atoms with Crippen molar-refractivity contribution in [1.29, 1.82) is 0 Å². The molecule has 0 fully saturated rings. The molecule has 0 aliphatic rings. The van der Waals surface area contributed by atoms with Gasteiger partial charge in [-0.15, -0.1) is 0 Å². The zero-order valence-corrected chi connectivity index (χ0v) is 7.70. The predicted octanol–water partition coefficient (Wildman–Crippen LogP) is 2.46. The SMILES string of the molecule is CCCCCCC[CH-]N.[Ni]. The second-order valence-electron chi connectivity index (χ2n) is 2.44. The van der Waals surface area contributed by atoms with Crippen LogP contribution < -0.4 is 5.73 Å². The van der Waals surface area contributed by atoms with Crippen molar-refractivity contribution in [3.8, 4) is 0 Å². The summed E-state index contributed by atoms with van der Waals surface area (Å²) in [6.45, 7) is 3.99. The smallest absolute Gasteiger partial charge is 0 e. The zero-order chi connectivity index (χ0) is 6.95. The molecule has 0 rings (SSSR count). The third-order valence-corrected chi connectivity index (χ3v) is 1.47. The van der Waals surface area contributed by atoms with Gasteiger partial charge in [-0.3, -0.25) is 6.54 Å². The molecule has 0 aromatic heterocycles. The summed E-state index contributed by atoms with van der Waals surface area (Å²) in [5, 5.41) is 0. The van der Waals surface area contributed by atoms with Crippen molar-refractivity contribution in [1.82, 2.24) is 0 Å². The summed E-state index contributed by atoms with van der Waals surface area (Å²) in [7, 11) is 0. The predicted molar refractivity (Wildman–Crippen MR) is 41.9 cm³/mol. The Morgan fingerprint density at radius 1 is 1.10 bits per heavy atom. The van der Waals surface area contributed by atoms with E-state index in [2.05, 4.69) is 6.92 Å². The molecule has 0 aliphatic carbocycles. The Balaban J connectivity index is 0. The number of nitrogens with two attached hydrogens (primary N) is 1.